The SMILES string of the molecule is CC1(C)COC(O)(C(F)(F)F)CC1=O. The van der Waals surface area contributed by atoms with Crippen LogP contribution in [0.3, 0.4) is 0 Å². The Balaban J connectivity index is 2.87. The van der Waals surface area contributed by atoms with Crippen LogP contribution < -0.4 is 0 Å². The lowest BCUT2D eigenvalue weighted by molar-refractivity contribution is -0.375. The number of ether oxygens (including phenoxy) is 1. The van der Waals surface area contributed by atoms with Gasteiger partial charge in [-0.3, -0.25) is 4.79 Å². The third-order valence-electron chi connectivity index (χ3n) is 2.27. The fourth-order valence-corrected chi connectivity index (χ4v) is 1.07. The van der Waals surface area contributed by atoms with Gasteiger partial charge in [0.2, 0.25) is 0 Å². The maximum atomic E-state index is 12.2. The van der Waals surface area contributed by atoms with E-state index in [0.29, 0.717) is 0 Å². The third kappa shape index (κ3) is 1.76. The van der Waals surface area contributed by atoms with Gasteiger partial charge in [-0.25, -0.2) is 0 Å². The molecule has 0 aromatic heterocycles. The molecule has 1 unspecified atom stereocenters. The maximum Gasteiger partial charge on any atom is 0.443 e. The van der Waals surface area contributed by atoms with Crippen molar-refractivity contribution in [3.63, 3.8) is 0 Å². The van der Waals surface area contributed by atoms with Crippen LogP contribution >= 0.6 is 0 Å². The van der Waals surface area contributed by atoms with E-state index in [2.05, 4.69) is 4.74 Å². The summed E-state index contributed by atoms with van der Waals surface area (Å²) in [6.07, 6.45) is -5.97. The van der Waals surface area contributed by atoms with Crippen molar-refractivity contribution >= 4 is 5.78 Å². The van der Waals surface area contributed by atoms with E-state index in [1.165, 1.54) is 13.8 Å². The number of ketones is 1. The van der Waals surface area contributed by atoms with Crippen LogP contribution in [0.1, 0.15) is 20.3 Å². The van der Waals surface area contributed by atoms with Crippen LogP contribution in [-0.2, 0) is 9.53 Å². The van der Waals surface area contributed by atoms with Crippen molar-refractivity contribution in [2.75, 3.05) is 6.61 Å². The number of rotatable bonds is 0. The van der Waals surface area contributed by atoms with Gasteiger partial charge in [0.1, 0.15) is 5.78 Å². The molecule has 0 spiro atoms. The highest BCUT2D eigenvalue weighted by molar-refractivity contribution is 5.85. The predicted octanol–water partition coefficient (Wildman–Crippen LogP) is 1.25. The molecule has 0 bridgehead atoms. The number of alkyl halides is 3. The first-order valence-electron chi connectivity index (χ1n) is 4.05. The van der Waals surface area contributed by atoms with Crippen LogP contribution in [0.5, 0.6) is 0 Å². The molecular weight excluding hydrogens is 201 g/mol. The van der Waals surface area contributed by atoms with Gasteiger partial charge in [0.15, 0.2) is 0 Å². The van der Waals surface area contributed by atoms with E-state index in [9.17, 15) is 18.0 Å². The zero-order chi connectivity index (χ0) is 11.2. The number of hydrogen-bond acceptors (Lipinski definition) is 3. The molecule has 0 aliphatic carbocycles. The lowest BCUT2D eigenvalue weighted by Crippen LogP contribution is -2.56. The second-order valence-corrected chi connectivity index (χ2v) is 4.05. The predicted molar refractivity (Wildman–Crippen MR) is 40.4 cm³/mol. The van der Waals surface area contributed by atoms with Crippen LogP contribution in [0, 0.1) is 5.41 Å². The van der Waals surface area contributed by atoms with Gasteiger partial charge in [0.25, 0.3) is 5.79 Å². The zero-order valence-electron chi connectivity index (χ0n) is 7.81. The Labute approximate surface area is 78.9 Å². The first-order valence-corrected chi connectivity index (χ1v) is 4.05. The minimum Gasteiger partial charge on any atom is -0.358 e. The highest BCUT2D eigenvalue weighted by atomic mass is 19.4. The molecule has 1 aliphatic rings. The molecule has 0 amide bonds. The smallest absolute Gasteiger partial charge is 0.358 e. The van der Waals surface area contributed by atoms with E-state index in [4.69, 9.17) is 5.11 Å². The first kappa shape index (κ1) is 11.5. The molecule has 6 heteroatoms. The van der Waals surface area contributed by atoms with E-state index in [1.54, 1.807) is 0 Å². The number of hydrogen-bond donors (Lipinski definition) is 1. The fraction of sp³-hybridized carbons (Fsp3) is 0.875. The first-order chi connectivity index (χ1) is 6.08. The number of halogens is 3. The minimum absolute atomic E-state index is 0.429. The van der Waals surface area contributed by atoms with Crippen LogP contribution in [0.25, 0.3) is 0 Å². The summed E-state index contributed by atoms with van der Waals surface area (Å²) in [4.78, 5) is 11.2. The molecule has 82 valence electrons. The molecule has 14 heavy (non-hydrogen) atoms. The highest BCUT2D eigenvalue weighted by Crippen LogP contribution is 2.41. The summed E-state index contributed by atoms with van der Waals surface area (Å²) in [6, 6.07) is 0. The van der Waals surface area contributed by atoms with Crippen LogP contribution in [0.15, 0.2) is 0 Å². The van der Waals surface area contributed by atoms with E-state index in [-0.39, 0.29) is 0 Å². The van der Waals surface area contributed by atoms with Crippen LogP contribution in [-0.4, -0.2) is 29.5 Å². The molecule has 1 aliphatic heterocycles. The molecule has 0 radical (unpaired) electrons. The molecule has 1 rings (SSSR count). The molecule has 0 saturated carbocycles. The second-order valence-electron chi connectivity index (χ2n) is 4.05. The molecule has 3 nitrogen and oxygen atoms in total. The van der Waals surface area contributed by atoms with Crippen LogP contribution in [0.2, 0.25) is 0 Å². The Bertz CT molecular complexity index is 259. The summed E-state index contributed by atoms with van der Waals surface area (Å²) >= 11 is 0. The van der Waals surface area contributed by atoms with Gasteiger partial charge in [-0.15, -0.1) is 0 Å². The van der Waals surface area contributed by atoms with Gasteiger partial charge in [0, 0.05) is 5.41 Å². The molecule has 0 aromatic carbocycles. The van der Waals surface area contributed by atoms with Gasteiger partial charge < -0.3 is 9.84 Å². The van der Waals surface area contributed by atoms with Crippen molar-refractivity contribution < 1.29 is 27.8 Å². The van der Waals surface area contributed by atoms with Crippen molar-refractivity contribution in [2.24, 2.45) is 5.41 Å². The Morgan fingerprint density at radius 1 is 1.43 bits per heavy atom. The summed E-state index contributed by atoms with van der Waals surface area (Å²) < 4.78 is 41.0. The van der Waals surface area contributed by atoms with Crippen LogP contribution in [0.4, 0.5) is 13.2 Å². The Morgan fingerprint density at radius 3 is 2.29 bits per heavy atom. The molecule has 1 N–H and O–H groups in total. The number of carbonyl (C=O) groups excluding carboxylic acids is 1. The van der Waals surface area contributed by atoms with Crippen molar-refractivity contribution in [1.82, 2.24) is 0 Å². The van der Waals surface area contributed by atoms with Gasteiger partial charge in [0.05, 0.1) is 13.0 Å². The topological polar surface area (TPSA) is 46.5 Å². The van der Waals surface area contributed by atoms with E-state index in [0.717, 1.165) is 0 Å². The number of aliphatic hydroxyl groups is 1. The number of Topliss-reactive ketones (excluding diaryl/α,β-unsaturated/α-hetero) is 1. The Hall–Kier alpha value is -0.620. The third-order valence-corrected chi connectivity index (χ3v) is 2.27. The second kappa shape index (κ2) is 2.93. The van der Waals surface area contributed by atoms with Gasteiger partial charge in [-0.2, -0.15) is 13.2 Å². The van der Waals surface area contributed by atoms with Crippen molar-refractivity contribution in [2.45, 2.75) is 32.2 Å². The summed E-state index contributed by atoms with van der Waals surface area (Å²) in [6.45, 7) is 2.53. The summed E-state index contributed by atoms with van der Waals surface area (Å²) in [5.74, 6) is -3.96. The monoisotopic (exact) mass is 212 g/mol. The fourth-order valence-electron chi connectivity index (χ4n) is 1.07. The largest absolute Gasteiger partial charge is 0.443 e. The minimum atomic E-state index is -4.93. The molecule has 0 aromatic rings. The summed E-state index contributed by atoms with van der Waals surface area (Å²) in [5, 5.41) is 9.04. The van der Waals surface area contributed by atoms with Gasteiger partial charge >= 0.3 is 6.18 Å². The molecule has 1 saturated heterocycles. The highest BCUT2D eigenvalue weighted by Gasteiger charge is 2.60. The quantitative estimate of drug-likeness (QED) is 0.657. The lowest BCUT2D eigenvalue weighted by Gasteiger charge is -2.39. The number of carbonyl (C=O) groups is 1. The van der Waals surface area contributed by atoms with Crippen molar-refractivity contribution in [3.05, 3.63) is 0 Å². The van der Waals surface area contributed by atoms with Gasteiger partial charge in [-0.05, 0) is 0 Å². The van der Waals surface area contributed by atoms with Crippen molar-refractivity contribution in [1.29, 1.82) is 0 Å². The standard InChI is InChI=1S/C8H11F3O3/c1-6(2)4-14-7(13,3-5(6)12)8(9,10)11/h13H,3-4H2,1-2H3. The normalized spacial score (nSPS) is 33.1. The van der Waals surface area contributed by atoms with E-state index >= 15 is 0 Å². The summed E-state index contributed by atoms with van der Waals surface area (Å²) in [5.41, 5.74) is -0.961. The summed E-state index contributed by atoms with van der Waals surface area (Å²) in [7, 11) is 0. The average Bonchev–Trinajstić information content (AvgIpc) is 1.96. The maximum absolute atomic E-state index is 12.2. The Morgan fingerprint density at radius 2 is 1.93 bits per heavy atom. The molecule has 1 atom stereocenters. The zero-order valence-corrected chi connectivity index (χ0v) is 7.81. The van der Waals surface area contributed by atoms with Crippen molar-refractivity contribution in [3.8, 4) is 0 Å². The molecular formula is C8H11F3O3. The molecule has 1 fully saturated rings. The Kier molecular flexibility index (Phi) is 2.40. The molecule has 1 heterocycles. The van der Waals surface area contributed by atoms with Gasteiger partial charge in [-0.1, -0.05) is 13.8 Å². The van der Waals surface area contributed by atoms with E-state index in [1.807, 2.05) is 0 Å². The van der Waals surface area contributed by atoms with E-state index < -0.39 is 36.2 Å². The lowest BCUT2D eigenvalue weighted by atomic mass is 9.82. The average molecular weight is 212 g/mol.